The topological polar surface area (TPSA) is 118 Å². The van der Waals surface area contributed by atoms with Gasteiger partial charge in [0, 0.05) is 35.8 Å². The Labute approximate surface area is 223 Å². The summed E-state index contributed by atoms with van der Waals surface area (Å²) in [5, 5.41) is 20.5. The van der Waals surface area contributed by atoms with Crippen molar-refractivity contribution in [1.82, 2.24) is 10.3 Å². The van der Waals surface area contributed by atoms with Crippen molar-refractivity contribution < 1.29 is 32.5 Å². The summed E-state index contributed by atoms with van der Waals surface area (Å²) in [4.78, 5) is 24.3. The number of anilines is 1. The van der Waals surface area contributed by atoms with E-state index in [2.05, 4.69) is 15.6 Å². The highest BCUT2D eigenvalue weighted by Crippen LogP contribution is 2.50. The van der Waals surface area contributed by atoms with Crippen molar-refractivity contribution in [3.63, 3.8) is 0 Å². The molecule has 1 aromatic carbocycles. The molecular formula is C27H30ClF2N3O5. The molecule has 8 nitrogen and oxygen atoms in total. The van der Waals surface area contributed by atoms with Crippen molar-refractivity contribution in [3.05, 3.63) is 51.9 Å². The molecule has 0 bridgehead atoms. The van der Waals surface area contributed by atoms with Crippen molar-refractivity contribution in [1.29, 1.82) is 0 Å². The number of hydrogen-bond donors (Lipinski definition) is 2. The lowest BCUT2D eigenvalue weighted by molar-refractivity contribution is -0.137. The SMILES string of the molecule is Cc1ccc(NC(=O)C[C@@H](CCC(=O)O)c2noc(-c3cc(C(F)(F)C(C)(C)C)on3)c2C2CC2)c(Cl)c1. The molecule has 2 heterocycles. The second kappa shape index (κ2) is 10.5. The summed E-state index contributed by atoms with van der Waals surface area (Å²) in [5.74, 6) is -5.60. The number of aryl methyl sites for hydroxylation is 1. The van der Waals surface area contributed by atoms with Gasteiger partial charge in [-0.1, -0.05) is 48.8 Å². The highest BCUT2D eigenvalue weighted by Gasteiger charge is 2.49. The number of aliphatic carboxylic acids is 1. The van der Waals surface area contributed by atoms with Gasteiger partial charge in [0.2, 0.25) is 11.7 Å². The first-order chi connectivity index (χ1) is 17.8. The smallest absolute Gasteiger partial charge is 0.312 e. The zero-order valence-electron chi connectivity index (χ0n) is 21.6. The van der Waals surface area contributed by atoms with Gasteiger partial charge in [-0.2, -0.15) is 8.78 Å². The fourth-order valence-corrected chi connectivity index (χ4v) is 4.52. The molecular weight excluding hydrogens is 520 g/mol. The van der Waals surface area contributed by atoms with Crippen molar-refractivity contribution in [2.75, 3.05) is 5.32 Å². The van der Waals surface area contributed by atoms with E-state index in [0.29, 0.717) is 22.0 Å². The van der Waals surface area contributed by atoms with Crippen molar-refractivity contribution >= 4 is 29.2 Å². The maximum absolute atomic E-state index is 14.9. The molecule has 38 heavy (non-hydrogen) atoms. The molecule has 4 rings (SSSR count). The standard InChI is InChI=1S/C27H30ClF2N3O5/c1-14-5-9-18(17(28)11-14)31-21(34)12-16(8-10-22(35)36)24-23(15-6-7-15)25(38-33-24)19-13-20(37-32-19)27(29,30)26(2,3)4/h5,9,11,13,15-16H,6-8,10,12H2,1-4H3,(H,31,34)(H,35,36)/t16-/m1/s1. The van der Waals surface area contributed by atoms with Crippen LogP contribution in [0.5, 0.6) is 0 Å². The number of nitrogens with zero attached hydrogens (tertiary/aromatic N) is 2. The molecule has 0 saturated heterocycles. The predicted molar refractivity (Wildman–Crippen MR) is 136 cm³/mol. The molecule has 1 atom stereocenters. The van der Waals surface area contributed by atoms with Gasteiger partial charge in [0.15, 0.2) is 11.5 Å². The first kappa shape index (κ1) is 27.8. The fourth-order valence-electron chi connectivity index (χ4n) is 4.23. The summed E-state index contributed by atoms with van der Waals surface area (Å²) in [5.41, 5.74) is 1.15. The molecule has 2 aromatic heterocycles. The van der Waals surface area contributed by atoms with Gasteiger partial charge >= 0.3 is 11.9 Å². The van der Waals surface area contributed by atoms with Gasteiger partial charge in [-0.05, 0) is 49.8 Å². The van der Waals surface area contributed by atoms with E-state index in [1.54, 1.807) is 12.1 Å². The molecule has 0 aliphatic heterocycles. The van der Waals surface area contributed by atoms with Gasteiger partial charge in [0.05, 0.1) is 16.4 Å². The zero-order chi connectivity index (χ0) is 27.8. The lowest BCUT2D eigenvalue weighted by Gasteiger charge is -2.27. The lowest BCUT2D eigenvalue weighted by Crippen LogP contribution is -2.30. The monoisotopic (exact) mass is 549 g/mol. The van der Waals surface area contributed by atoms with Crippen LogP contribution in [-0.4, -0.2) is 27.3 Å². The number of rotatable bonds is 10. The van der Waals surface area contributed by atoms with E-state index >= 15 is 0 Å². The molecule has 1 amide bonds. The number of alkyl halides is 2. The Morgan fingerprint density at radius 3 is 2.50 bits per heavy atom. The second-order valence-electron chi connectivity index (χ2n) is 10.9. The number of hydrogen-bond acceptors (Lipinski definition) is 6. The Morgan fingerprint density at radius 1 is 1.18 bits per heavy atom. The molecule has 3 aromatic rings. The summed E-state index contributed by atoms with van der Waals surface area (Å²) < 4.78 is 40.3. The number of benzene rings is 1. The lowest BCUT2D eigenvalue weighted by atomic mass is 9.86. The highest BCUT2D eigenvalue weighted by atomic mass is 35.5. The van der Waals surface area contributed by atoms with Crippen LogP contribution in [0.2, 0.25) is 5.02 Å². The van der Waals surface area contributed by atoms with E-state index in [9.17, 15) is 23.5 Å². The number of nitrogens with one attached hydrogen (secondary N) is 1. The maximum atomic E-state index is 14.9. The quantitative estimate of drug-likeness (QED) is 0.272. The third-order valence-corrected chi connectivity index (χ3v) is 6.97. The Hall–Kier alpha value is -3.27. The molecule has 2 N–H and O–H groups in total. The van der Waals surface area contributed by atoms with Gasteiger partial charge in [0.1, 0.15) is 0 Å². The Morgan fingerprint density at radius 2 is 1.89 bits per heavy atom. The van der Waals surface area contributed by atoms with Gasteiger partial charge < -0.3 is 19.5 Å². The number of carboxylic acid groups (broad SMARTS) is 1. The molecule has 0 radical (unpaired) electrons. The number of carbonyl (C=O) groups excluding carboxylic acids is 1. The van der Waals surface area contributed by atoms with E-state index < -0.39 is 29.0 Å². The summed E-state index contributed by atoms with van der Waals surface area (Å²) in [6.45, 7) is 6.08. The Kier molecular flexibility index (Phi) is 7.65. The van der Waals surface area contributed by atoms with E-state index in [4.69, 9.17) is 20.6 Å². The Bertz CT molecular complexity index is 1340. The van der Waals surface area contributed by atoms with E-state index in [1.807, 2.05) is 13.0 Å². The minimum Gasteiger partial charge on any atom is -0.481 e. The molecule has 0 spiro atoms. The van der Waals surface area contributed by atoms with Crippen LogP contribution in [-0.2, 0) is 15.5 Å². The number of amides is 1. The summed E-state index contributed by atoms with van der Waals surface area (Å²) in [6.07, 6.45) is 1.50. The Balaban J connectivity index is 1.64. The molecule has 1 fully saturated rings. The summed E-state index contributed by atoms with van der Waals surface area (Å²) >= 11 is 6.25. The van der Waals surface area contributed by atoms with Crippen LogP contribution in [0.15, 0.2) is 33.3 Å². The molecule has 1 saturated carbocycles. The number of carbonyl (C=O) groups is 2. The van der Waals surface area contributed by atoms with E-state index in [1.165, 1.54) is 20.8 Å². The minimum absolute atomic E-state index is 0.0384. The van der Waals surface area contributed by atoms with Crippen LogP contribution in [0.25, 0.3) is 11.5 Å². The average molecular weight is 550 g/mol. The number of halogens is 3. The van der Waals surface area contributed by atoms with Gasteiger partial charge in [-0.3, -0.25) is 9.59 Å². The largest absolute Gasteiger partial charge is 0.481 e. The minimum atomic E-state index is -3.28. The van der Waals surface area contributed by atoms with Crippen LogP contribution >= 0.6 is 11.6 Å². The summed E-state index contributed by atoms with van der Waals surface area (Å²) in [6, 6.07) is 6.39. The van der Waals surface area contributed by atoms with Crippen LogP contribution in [0.3, 0.4) is 0 Å². The van der Waals surface area contributed by atoms with Crippen molar-refractivity contribution in [3.8, 4) is 11.5 Å². The van der Waals surface area contributed by atoms with Crippen LogP contribution in [0, 0.1) is 12.3 Å². The second-order valence-corrected chi connectivity index (χ2v) is 11.3. The third kappa shape index (κ3) is 5.90. The van der Waals surface area contributed by atoms with E-state index in [0.717, 1.165) is 24.5 Å². The van der Waals surface area contributed by atoms with Gasteiger partial charge in [0.25, 0.3) is 0 Å². The normalized spacial score (nSPS) is 14.9. The predicted octanol–water partition coefficient (Wildman–Crippen LogP) is 7.28. The van der Waals surface area contributed by atoms with Crippen LogP contribution in [0.1, 0.15) is 87.3 Å². The molecule has 11 heteroatoms. The molecule has 204 valence electrons. The maximum Gasteiger partial charge on any atom is 0.312 e. The van der Waals surface area contributed by atoms with E-state index in [-0.39, 0.29) is 42.5 Å². The number of carboxylic acids is 1. The van der Waals surface area contributed by atoms with Crippen LogP contribution < -0.4 is 5.32 Å². The van der Waals surface area contributed by atoms with Crippen molar-refractivity contribution in [2.45, 2.75) is 77.6 Å². The van der Waals surface area contributed by atoms with Gasteiger partial charge in [-0.25, -0.2) is 0 Å². The third-order valence-electron chi connectivity index (χ3n) is 6.66. The number of aromatic nitrogens is 2. The fraction of sp³-hybridized carbons (Fsp3) is 0.481. The van der Waals surface area contributed by atoms with Gasteiger partial charge in [-0.15, -0.1) is 0 Å². The van der Waals surface area contributed by atoms with Crippen LogP contribution in [0.4, 0.5) is 14.5 Å². The first-order valence-corrected chi connectivity index (χ1v) is 12.8. The molecule has 1 aliphatic carbocycles. The van der Waals surface area contributed by atoms with Crippen molar-refractivity contribution in [2.24, 2.45) is 5.41 Å². The zero-order valence-corrected chi connectivity index (χ0v) is 22.4. The highest BCUT2D eigenvalue weighted by molar-refractivity contribution is 6.33. The first-order valence-electron chi connectivity index (χ1n) is 12.4. The average Bonchev–Trinajstić information content (AvgIpc) is 3.35. The molecule has 1 aliphatic rings. The summed E-state index contributed by atoms with van der Waals surface area (Å²) in [7, 11) is 0. The molecule has 0 unspecified atom stereocenters.